The molecule has 0 unspecified atom stereocenters. The van der Waals surface area contributed by atoms with E-state index in [-0.39, 0.29) is 12.1 Å². The van der Waals surface area contributed by atoms with Crippen LogP contribution in [0.5, 0.6) is 0 Å². The zero-order valence-corrected chi connectivity index (χ0v) is 7.99. The molecule has 1 fully saturated rings. The first-order valence-corrected chi connectivity index (χ1v) is 4.84. The smallest absolute Gasteiger partial charge is 0.407 e. The third kappa shape index (κ3) is 1.26. The zero-order valence-electron chi connectivity index (χ0n) is 7.99. The monoisotopic (exact) mass is 202 g/mol. The number of ether oxygens (including phenoxy) is 1. The van der Waals surface area contributed by atoms with Crippen LogP contribution in [-0.2, 0) is 4.74 Å². The number of fused-ring (bicyclic) bond motifs is 1. The number of hydrogen-bond donors (Lipinski definition) is 2. The van der Waals surface area contributed by atoms with E-state index < -0.39 is 0 Å². The summed E-state index contributed by atoms with van der Waals surface area (Å²) >= 11 is 0. The molecule has 1 aromatic carbocycles. The molecule has 0 aliphatic carbocycles. The average molecular weight is 202 g/mol. The van der Waals surface area contributed by atoms with Gasteiger partial charge in [-0.15, -0.1) is 0 Å². The number of para-hydroxylation sites is 1. The second-order valence-electron chi connectivity index (χ2n) is 3.58. The van der Waals surface area contributed by atoms with Crippen LogP contribution in [0.25, 0.3) is 10.9 Å². The Kier molecular flexibility index (Phi) is 1.68. The number of benzene rings is 1. The first kappa shape index (κ1) is 8.35. The maximum absolute atomic E-state index is 10.9. The van der Waals surface area contributed by atoms with Crippen molar-refractivity contribution in [2.75, 3.05) is 6.61 Å². The first-order chi connectivity index (χ1) is 7.34. The van der Waals surface area contributed by atoms with E-state index in [0.29, 0.717) is 6.61 Å². The molecule has 0 radical (unpaired) electrons. The van der Waals surface area contributed by atoms with Crippen LogP contribution in [-0.4, -0.2) is 17.7 Å². The highest BCUT2D eigenvalue weighted by Crippen LogP contribution is 2.26. The van der Waals surface area contributed by atoms with Gasteiger partial charge in [-0.25, -0.2) is 4.79 Å². The Bertz CT molecular complexity index is 518. The molecule has 4 nitrogen and oxygen atoms in total. The van der Waals surface area contributed by atoms with Crippen LogP contribution in [0.4, 0.5) is 4.79 Å². The number of H-pyrrole nitrogens is 1. The summed E-state index contributed by atoms with van der Waals surface area (Å²) in [5, 5.41) is 3.90. The van der Waals surface area contributed by atoms with E-state index in [1.165, 1.54) is 0 Å². The summed E-state index contributed by atoms with van der Waals surface area (Å²) in [6, 6.07) is 7.97. The van der Waals surface area contributed by atoms with E-state index in [9.17, 15) is 4.79 Å². The van der Waals surface area contributed by atoms with Gasteiger partial charge < -0.3 is 15.0 Å². The van der Waals surface area contributed by atoms with Crippen molar-refractivity contribution < 1.29 is 9.53 Å². The quantitative estimate of drug-likeness (QED) is 0.742. The number of amides is 1. The predicted molar refractivity (Wildman–Crippen MR) is 55.5 cm³/mol. The van der Waals surface area contributed by atoms with Gasteiger partial charge >= 0.3 is 6.09 Å². The van der Waals surface area contributed by atoms with Crippen LogP contribution < -0.4 is 5.32 Å². The van der Waals surface area contributed by atoms with E-state index in [1.807, 2.05) is 30.5 Å². The maximum atomic E-state index is 10.9. The van der Waals surface area contributed by atoms with Crippen molar-refractivity contribution in [1.82, 2.24) is 10.3 Å². The van der Waals surface area contributed by atoms with E-state index in [1.54, 1.807) is 0 Å². The van der Waals surface area contributed by atoms with Gasteiger partial charge in [0.1, 0.15) is 6.61 Å². The highest BCUT2D eigenvalue weighted by molar-refractivity contribution is 5.84. The predicted octanol–water partition coefficient (Wildman–Crippen LogP) is 1.95. The molecule has 1 saturated heterocycles. The van der Waals surface area contributed by atoms with Gasteiger partial charge in [0, 0.05) is 22.7 Å². The maximum Gasteiger partial charge on any atom is 0.407 e. The minimum atomic E-state index is -0.342. The molecular formula is C11H10N2O2. The van der Waals surface area contributed by atoms with Crippen molar-refractivity contribution in [3.63, 3.8) is 0 Å². The van der Waals surface area contributed by atoms with Crippen LogP contribution in [0, 0.1) is 0 Å². The van der Waals surface area contributed by atoms with Crippen LogP contribution in [0.3, 0.4) is 0 Å². The third-order valence-corrected chi connectivity index (χ3v) is 2.67. The molecule has 1 atom stereocenters. The summed E-state index contributed by atoms with van der Waals surface area (Å²) in [5.74, 6) is 0. The first-order valence-electron chi connectivity index (χ1n) is 4.84. The van der Waals surface area contributed by atoms with Crippen LogP contribution in [0.2, 0.25) is 0 Å². The largest absolute Gasteiger partial charge is 0.447 e. The number of rotatable bonds is 1. The molecule has 0 bridgehead atoms. The number of cyclic esters (lactones) is 1. The molecule has 76 valence electrons. The van der Waals surface area contributed by atoms with Gasteiger partial charge in [-0.2, -0.15) is 0 Å². The van der Waals surface area contributed by atoms with Gasteiger partial charge in [-0.05, 0) is 6.07 Å². The summed E-state index contributed by atoms with van der Waals surface area (Å²) in [4.78, 5) is 14.1. The SMILES string of the molecule is O=C1N[C@@H](c2c[nH]c3ccccc23)CO1. The van der Waals surface area contributed by atoms with Crippen molar-refractivity contribution in [1.29, 1.82) is 0 Å². The fourth-order valence-electron chi connectivity index (χ4n) is 1.93. The Hall–Kier alpha value is -1.97. The molecule has 2 aromatic rings. The third-order valence-electron chi connectivity index (χ3n) is 2.67. The van der Waals surface area contributed by atoms with Gasteiger partial charge in [0.05, 0.1) is 6.04 Å². The lowest BCUT2D eigenvalue weighted by atomic mass is 10.1. The molecule has 3 rings (SSSR count). The molecule has 2 heterocycles. The van der Waals surface area contributed by atoms with Crippen molar-refractivity contribution in [2.24, 2.45) is 0 Å². The fourth-order valence-corrected chi connectivity index (χ4v) is 1.93. The van der Waals surface area contributed by atoms with Crippen LogP contribution >= 0.6 is 0 Å². The number of hydrogen-bond acceptors (Lipinski definition) is 2. The molecule has 15 heavy (non-hydrogen) atoms. The van der Waals surface area contributed by atoms with Crippen molar-refractivity contribution in [2.45, 2.75) is 6.04 Å². The highest BCUT2D eigenvalue weighted by Gasteiger charge is 2.25. The van der Waals surface area contributed by atoms with E-state index >= 15 is 0 Å². The van der Waals surface area contributed by atoms with Crippen LogP contribution in [0.1, 0.15) is 11.6 Å². The summed E-state index contributed by atoms with van der Waals surface area (Å²) in [6.07, 6.45) is 1.58. The molecule has 4 heteroatoms. The second kappa shape index (κ2) is 3.02. The molecule has 2 N–H and O–H groups in total. The van der Waals surface area contributed by atoms with Gasteiger partial charge in [-0.1, -0.05) is 18.2 Å². The Balaban J connectivity index is 2.07. The van der Waals surface area contributed by atoms with E-state index in [4.69, 9.17) is 4.74 Å². The topological polar surface area (TPSA) is 54.1 Å². The second-order valence-corrected chi connectivity index (χ2v) is 3.58. The van der Waals surface area contributed by atoms with Gasteiger partial charge in [0.25, 0.3) is 0 Å². The van der Waals surface area contributed by atoms with Gasteiger partial charge in [0.15, 0.2) is 0 Å². The fraction of sp³-hybridized carbons (Fsp3) is 0.182. The molecular weight excluding hydrogens is 192 g/mol. The Morgan fingerprint density at radius 3 is 3.00 bits per heavy atom. The van der Waals surface area contributed by atoms with Crippen molar-refractivity contribution in [3.8, 4) is 0 Å². The lowest BCUT2D eigenvalue weighted by Gasteiger charge is -2.04. The number of aromatic nitrogens is 1. The van der Waals surface area contributed by atoms with Crippen LogP contribution in [0.15, 0.2) is 30.5 Å². The lowest BCUT2D eigenvalue weighted by Crippen LogP contribution is -2.17. The molecule has 0 saturated carbocycles. The summed E-state index contributed by atoms with van der Waals surface area (Å²) in [6.45, 7) is 0.403. The Morgan fingerprint density at radius 2 is 2.20 bits per heavy atom. The zero-order chi connectivity index (χ0) is 10.3. The lowest BCUT2D eigenvalue weighted by molar-refractivity contribution is 0.177. The summed E-state index contributed by atoms with van der Waals surface area (Å²) in [7, 11) is 0. The Labute approximate surface area is 86.2 Å². The minimum absolute atomic E-state index is 0.0337. The molecule has 1 aliphatic rings. The van der Waals surface area contributed by atoms with Crippen molar-refractivity contribution in [3.05, 3.63) is 36.0 Å². The molecule has 0 spiro atoms. The standard InChI is InChI=1S/C11H10N2O2/c14-11-13-10(6-15-11)8-5-12-9-4-2-1-3-7(8)9/h1-5,10,12H,6H2,(H,13,14)/t10-/m1/s1. The number of alkyl carbamates (subject to hydrolysis) is 1. The van der Waals surface area contributed by atoms with Crippen molar-refractivity contribution >= 4 is 17.0 Å². The highest BCUT2D eigenvalue weighted by atomic mass is 16.6. The van der Waals surface area contributed by atoms with Gasteiger partial charge in [-0.3, -0.25) is 0 Å². The summed E-state index contributed by atoms with van der Waals surface area (Å²) in [5.41, 5.74) is 2.16. The number of carbonyl (C=O) groups is 1. The number of nitrogens with one attached hydrogen (secondary N) is 2. The molecule has 1 amide bonds. The number of aromatic amines is 1. The normalized spacial score (nSPS) is 20.3. The number of carbonyl (C=O) groups excluding carboxylic acids is 1. The molecule has 1 aliphatic heterocycles. The Morgan fingerprint density at radius 1 is 1.33 bits per heavy atom. The van der Waals surface area contributed by atoms with Gasteiger partial charge in [0.2, 0.25) is 0 Å². The minimum Gasteiger partial charge on any atom is -0.447 e. The molecule has 1 aromatic heterocycles. The van der Waals surface area contributed by atoms with E-state index in [0.717, 1.165) is 16.5 Å². The summed E-state index contributed by atoms with van der Waals surface area (Å²) < 4.78 is 4.87. The average Bonchev–Trinajstić information content (AvgIpc) is 2.83. The van der Waals surface area contributed by atoms with E-state index in [2.05, 4.69) is 10.3 Å².